The number of thioether (sulfide) groups is 1. The number of nitrogens with zero attached hydrogens (tertiary/aromatic N) is 2. The summed E-state index contributed by atoms with van der Waals surface area (Å²) in [5.41, 5.74) is 1.27. The van der Waals surface area contributed by atoms with Crippen molar-refractivity contribution in [2.75, 3.05) is 12.9 Å². The molecule has 2 fully saturated rings. The van der Waals surface area contributed by atoms with E-state index in [0.717, 1.165) is 18.3 Å². The van der Waals surface area contributed by atoms with Gasteiger partial charge in [-0.3, -0.25) is 4.68 Å². The van der Waals surface area contributed by atoms with Crippen molar-refractivity contribution in [3.63, 3.8) is 0 Å². The summed E-state index contributed by atoms with van der Waals surface area (Å²) in [5.74, 6) is 0. The third kappa shape index (κ3) is 2.13. The van der Waals surface area contributed by atoms with Crippen molar-refractivity contribution in [2.24, 2.45) is 0 Å². The minimum Gasteiger partial charge on any atom is -0.373 e. The van der Waals surface area contributed by atoms with Crippen LogP contribution < -0.4 is 0 Å². The summed E-state index contributed by atoms with van der Waals surface area (Å²) in [6.45, 7) is 0.894. The largest absolute Gasteiger partial charge is 0.373 e. The highest BCUT2D eigenvalue weighted by atomic mass is 32.2. The van der Waals surface area contributed by atoms with Gasteiger partial charge >= 0.3 is 0 Å². The summed E-state index contributed by atoms with van der Waals surface area (Å²) in [6.07, 6.45) is 11.6. The highest BCUT2D eigenvalue weighted by molar-refractivity contribution is 7.99. The van der Waals surface area contributed by atoms with Gasteiger partial charge in [-0.15, -0.1) is 0 Å². The van der Waals surface area contributed by atoms with Crippen LogP contribution in [0.25, 0.3) is 0 Å². The highest BCUT2D eigenvalue weighted by Gasteiger charge is 2.28. The van der Waals surface area contributed by atoms with Crippen LogP contribution in [-0.4, -0.2) is 27.9 Å². The standard InChI is InChI=1S/C12H18N2OS/c1-16-11-4-5-15-12(6-11)9-7-13-14(8-9)10-2-3-10/h7-8,10-12H,2-6H2,1H3. The zero-order valence-corrected chi connectivity index (χ0v) is 10.4. The first-order valence-corrected chi connectivity index (χ1v) is 7.34. The Morgan fingerprint density at radius 3 is 3.06 bits per heavy atom. The van der Waals surface area contributed by atoms with Crippen LogP contribution in [-0.2, 0) is 4.74 Å². The van der Waals surface area contributed by atoms with Crippen LogP contribution >= 0.6 is 11.8 Å². The highest BCUT2D eigenvalue weighted by Crippen LogP contribution is 2.37. The Bertz CT molecular complexity index is 362. The molecule has 0 amide bonds. The van der Waals surface area contributed by atoms with Crippen LogP contribution in [0.1, 0.15) is 43.4 Å². The molecule has 88 valence electrons. The fraction of sp³-hybridized carbons (Fsp3) is 0.750. The molecule has 1 saturated carbocycles. The first-order chi connectivity index (χ1) is 7.86. The molecule has 2 aliphatic rings. The van der Waals surface area contributed by atoms with E-state index in [1.165, 1.54) is 24.8 Å². The number of hydrogen-bond acceptors (Lipinski definition) is 3. The van der Waals surface area contributed by atoms with Gasteiger partial charge in [0.05, 0.1) is 18.3 Å². The summed E-state index contributed by atoms with van der Waals surface area (Å²) in [7, 11) is 0. The molecule has 1 saturated heterocycles. The maximum Gasteiger partial charge on any atom is 0.0865 e. The number of ether oxygens (including phenoxy) is 1. The van der Waals surface area contributed by atoms with Crippen molar-refractivity contribution in [3.8, 4) is 0 Å². The van der Waals surface area contributed by atoms with E-state index in [1.54, 1.807) is 0 Å². The second-order valence-electron chi connectivity index (χ2n) is 4.73. The smallest absolute Gasteiger partial charge is 0.0865 e. The molecule has 3 nitrogen and oxygen atoms in total. The van der Waals surface area contributed by atoms with E-state index in [1.807, 2.05) is 18.0 Å². The lowest BCUT2D eigenvalue weighted by Gasteiger charge is -2.27. The Balaban J connectivity index is 1.70. The maximum atomic E-state index is 5.84. The lowest BCUT2D eigenvalue weighted by atomic mass is 10.0. The molecule has 1 aliphatic carbocycles. The topological polar surface area (TPSA) is 27.1 Å². The van der Waals surface area contributed by atoms with Gasteiger partial charge in [-0.05, 0) is 31.9 Å². The van der Waals surface area contributed by atoms with Crippen LogP contribution in [0.15, 0.2) is 12.4 Å². The monoisotopic (exact) mass is 238 g/mol. The summed E-state index contributed by atoms with van der Waals surface area (Å²) in [6, 6.07) is 0.675. The van der Waals surface area contributed by atoms with Crippen LogP contribution in [0, 0.1) is 0 Å². The van der Waals surface area contributed by atoms with Gasteiger partial charge in [0.1, 0.15) is 0 Å². The second-order valence-corrected chi connectivity index (χ2v) is 5.86. The van der Waals surface area contributed by atoms with Gasteiger partial charge in [0.25, 0.3) is 0 Å². The normalized spacial score (nSPS) is 30.6. The van der Waals surface area contributed by atoms with E-state index in [9.17, 15) is 0 Å². The molecule has 0 radical (unpaired) electrons. The molecule has 0 bridgehead atoms. The van der Waals surface area contributed by atoms with Crippen molar-refractivity contribution in [3.05, 3.63) is 18.0 Å². The van der Waals surface area contributed by atoms with Gasteiger partial charge in [-0.2, -0.15) is 16.9 Å². The molecule has 2 unspecified atom stereocenters. The SMILES string of the molecule is CSC1CCOC(c2cnn(C3CC3)c2)C1. The molecule has 2 heterocycles. The van der Waals surface area contributed by atoms with Crippen molar-refractivity contribution in [1.29, 1.82) is 0 Å². The van der Waals surface area contributed by atoms with Gasteiger partial charge < -0.3 is 4.74 Å². The Labute approximate surface area is 101 Å². The molecule has 1 aromatic heterocycles. The predicted octanol–water partition coefficient (Wildman–Crippen LogP) is 2.80. The molecule has 1 aromatic rings. The van der Waals surface area contributed by atoms with Crippen molar-refractivity contribution in [1.82, 2.24) is 9.78 Å². The third-order valence-electron chi connectivity index (χ3n) is 3.48. The quantitative estimate of drug-likeness (QED) is 0.810. The van der Waals surface area contributed by atoms with Gasteiger partial charge in [0, 0.05) is 23.6 Å². The molecule has 0 N–H and O–H groups in total. The fourth-order valence-corrected chi connectivity index (χ4v) is 2.97. The van der Waals surface area contributed by atoms with E-state index in [4.69, 9.17) is 4.74 Å². The second kappa shape index (κ2) is 4.41. The summed E-state index contributed by atoms with van der Waals surface area (Å²) >= 11 is 1.96. The molecule has 2 atom stereocenters. The summed E-state index contributed by atoms with van der Waals surface area (Å²) in [4.78, 5) is 0. The van der Waals surface area contributed by atoms with Crippen LogP contribution in [0.4, 0.5) is 0 Å². The van der Waals surface area contributed by atoms with Crippen LogP contribution in [0.3, 0.4) is 0 Å². The summed E-state index contributed by atoms with van der Waals surface area (Å²) in [5, 5.41) is 5.19. The molecule has 0 spiro atoms. The van der Waals surface area contributed by atoms with E-state index >= 15 is 0 Å². The van der Waals surface area contributed by atoms with Gasteiger partial charge in [-0.25, -0.2) is 0 Å². The average Bonchev–Trinajstić information content (AvgIpc) is 3.07. The Morgan fingerprint density at radius 2 is 2.31 bits per heavy atom. The molecule has 0 aromatic carbocycles. The van der Waals surface area contributed by atoms with Crippen molar-refractivity contribution >= 4 is 11.8 Å². The number of aromatic nitrogens is 2. The van der Waals surface area contributed by atoms with Crippen molar-refractivity contribution in [2.45, 2.75) is 43.1 Å². The average molecular weight is 238 g/mol. The molecule has 16 heavy (non-hydrogen) atoms. The Kier molecular flexibility index (Phi) is 2.94. The molecule has 3 rings (SSSR count). The first-order valence-electron chi connectivity index (χ1n) is 6.05. The van der Waals surface area contributed by atoms with E-state index < -0.39 is 0 Å². The zero-order valence-electron chi connectivity index (χ0n) is 9.63. The minimum atomic E-state index is 0.277. The minimum absolute atomic E-state index is 0.277. The molecule has 4 heteroatoms. The first kappa shape index (κ1) is 10.7. The van der Waals surface area contributed by atoms with Gasteiger partial charge in [0.2, 0.25) is 0 Å². The van der Waals surface area contributed by atoms with Gasteiger partial charge in [0.15, 0.2) is 0 Å². The Morgan fingerprint density at radius 1 is 1.44 bits per heavy atom. The Hall–Kier alpha value is -0.480. The summed E-state index contributed by atoms with van der Waals surface area (Å²) < 4.78 is 7.96. The lowest BCUT2D eigenvalue weighted by Crippen LogP contribution is -2.21. The van der Waals surface area contributed by atoms with Crippen molar-refractivity contribution < 1.29 is 4.74 Å². The third-order valence-corrected chi connectivity index (χ3v) is 4.58. The fourth-order valence-electron chi connectivity index (χ4n) is 2.27. The van der Waals surface area contributed by atoms with Crippen LogP contribution in [0.5, 0.6) is 0 Å². The zero-order chi connectivity index (χ0) is 11.0. The number of rotatable bonds is 3. The van der Waals surface area contributed by atoms with E-state index in [-0.39, 0.29) is 6.10 Å². The van der Waals surface area contributed by atoms with Gasteiger partial charge in [-0.1, -0.05) is 0 Å². The molecule has 1 aliphatic heterocycles. The number of hydrogen-bond donors (Lipinski definition) is 0. The van der Waals surface area contributed by atoms with Crippen LogP contribution in [0.2, 0.25) is 0 Å². The predicted molar refractivity (Wildman–Crippen MR) is 65.7 cm³/mol. The lowest BCUT2D eigenvalue weighted by molar-refractivity contribution is 0.0178. The molecular weight excluding hydrogens is 220 g/mol. The van der Waals surface area contributed by atoms with E-state index in [0.29, 0.717) is 6.04 Å². The maximum absolute atomic E-state index is 5.84. The van der Waals surface area contributed by atoms with E-state index in [2.05, 4.69) is 22.2 Å². The molecular formula is C12H18N2OS.